The minimum atomic E-state index is -0.792. The molecule has 0 amide bonds. The van der Waals surface area contributed by atoms with E-state index in [1.807, 2.05) is 31.2 Å². The molecule has 1 heterocycles. The fourth-order valence-electron chi connectivity index (χ4n) is 1.57. The highest BCUT2D eigenvalue weighted by Crippen LogP contribution is 2.33. The third-order valence-corrected chi connectivity index (χ3v) is 2.32. The molecule has 1 aliphatic heterocycles. The lowest BCUT2D eigenvalue weighted by Crippen LogP contribution is -2.23. The Morgan fingerprint density at radius 3 is 2.50 bits per heavy atom. The molecule has 1 aromatic carbocycles. The molecule has 1 N–H and O–H groups in total. The summed E-state index contributed by atoms with van der Waals surface area (Å²) in [5.74, 6) is -0.792. The van der Waals surface area contributed by atoms with Crippen LogP contribution in [0.5, 0.6) is 0 Å². The van der Waals surface area contributed by atoms with Gasteiger partial charge in [0.05, 0.1) is 6.61 Å². The van der Waals surface area contributed by atoms with Crippen molar-refractivity contribution in [3.63, 3.8) is 0 Å². The molecule has 1 aliphatic rings. The van der Waals surface area contributed by atoms with E-state index in [2.05, 4.69) is 0 Å². The van der Waals surface area contributed by atoms with E-state index in [9.17, 15) is 0 Å². The average Bonchev–Trinajstić information content (AvgIpc) is 2.66. The smallest absolute Gasteiger partial charge is 0.274 e. The Balaban J connectivity index is 2.40. The van der Waals surface area contributed by atoms with Crippen molar-refractivity contribution in [3.8, 4) is 0 Å². The van der Waals surface area contributed by atoms with Gasteiger partial charge in [-0.15, -0.1) is 0 Å². The second kappa shape index (κ2) is 3.35. The highest BCUT2D eigenvalue weighted by atomic mass is 16.7. The third kappa shape index (κ3) is 1.36. The van der Waals surface area contributed by atoms with Crippen LogP contribution in [0, 0.1) is 0 Å². The van der Waals surface area contributed by atoms with Gasteiger partial charge in [0.25, 0.3) is 5.79 Å². The van der Waals surface area contributed by atoms with Crippen LogP contribution in [0.1, 0.15) is 18.1 Å². The molecule has 1 aromatic rings. The van der Waals surface area contributed by atoms with Gasteiger partial charge in [-0.3, -0.25) is 0 Å². The summed E-state index contributed by atoms with van der Waals surface area (Å²) in [6.45, 7) is 1.81. The van der Waals surface area contributed by atoms with Gasteiger partial charge in [-0.1, -0.05) is 24.3 Å². The summed E-state index contributed by atoms with van der Waals surface area (Å²) >= 11 is 0. The fraction of sp³-hybridized carbons (Fsp3) is 0.273. The molecule has 0 atom stereocenters. The highest BCUT2D eigenvalue weighted by Gasteiger charge is 2.33. The maximum atomic E-state index is 9.16. The number of hydrogen-bond acceptors (Lipinski definition) is 3. The summed E-state index contributed by atoms with van der Waals surface area (Å²) in [5, 5.41) is 9.16. The molecule has 3 heteroatoms. The first-order chi connectivity index (χ1) is 6.76. The summed E-state index contributed by atoms with van der Waals surface area (Å²) in [6, 6.07) is 7.51. The average molecular weight is 192 g/mol. The van der Waals surface area contributed by atoms with Crippen molar-refractivity contribution in [2.45, 2.75) is 19.3 Å². The Labute approximate surface area is 82.6 Å². The quantitative estimate of drug-likeness (QED) is 0.777. The lowest BCUT2D eigenvalue weighted by molar-refractivity contribution is -0.134. The molecule has 14 heavy (non-hydrogen) atoms. The van der Waals surface area contributed by atoms with Crippen LogP contribution in [0.4, 0.5) is 0 Å². The first-order valence-electron chi connectivity index (χ1n) is 4.46. The van der Waals surface area contributed by atoms with E-state index >= 15 is 0 Å². The molecule has 3 nitrogen and oxygen atoms in total. The topological polar surface area (TPSA) is 38.7 Å². The van der Waals surface area contributed by atoms with Crippen LogP contribution in [0.3, 0.4) is 0 Å². The van der Waals surface area contributed by atoms with E-state index in [1.54, 1.807) is 0 Å². The van der Waals surface area contributed by atoms with Crippen LogP contribution in [-0.2, 0) is 21.9 Å². The highest BCUT2D eigenvalue weighted by molar-refractivity contribution is 5.30. The van der Waals surface area contributed by atoms with Gasteiger partial charge < -0.3 is 14.6 Å². The Kier molecular flexibility index (Phi) is 2.17. The molecular formula is C11H12O3. The van der Waals surface area contributed by atoms with Crippen molar-refractivity contribution in [1.29, 1.82) is 0 Å². The molecule has 0 aliphatic carbocycles. The van der Waals surface area contributed by atoms with E-state index in [0.29, 0.717) is 0 Å². The number of benzene rings is 1. The second-order valence-corrected chi connectivity index (χ2v) is 3.27. The van der Waals surface area contributed by atoms with Crippen LogP contribution in [0.25, 0.3) is 0 Å². The molecule has 0 radical (unpaired) electrons. The van der Waals surface area contributed by atoms with Gasteiger partial charge in [-0.25, -0.2) is 0 Å². The van der Waals surface area contributed by atoms with Gasteiger partial charge in [0, 0.05) is 12.5 Å². The summed E-state index contributed by atoms with van der Waals surface area (Å²) in [4.78, 5) is 0. The zero-order valence-corrected chi connectivity index (χ0v) is 7.93. The van der Waals surface area contributed by atoms with Crippen LogP contribution in [0.2, 0.25) is 0 Å². The SMILES string of the molecule is CC1(c2ccccc2CO)OC=CO1. The van der Waals surface area contributed by atoms with Crippen LogP contribution >= 0.6 is 0 Å². The van der Waals surface area contributed by atoms with Crippen molar-refractivity contribution < 1.29 is 14.6 Å². The number of aliphatic hydroxyl groups is 1. The van der Waals surface area contributed by atoms with E-state index in [0.717, 1.165) is 11.1 Å². The van der Waals surface area contributed by atoms with Gasteiger partial charge in [-0.2, -0.15) is 0 Å². The molecular weight excluding hydrogens is 180 g/mol. The van der Waals surface area contributed by atoms with Crippen LogP contribution < -0.4 is 0 Å². The molecule has 0 saturated carbocycles. The first-order valence-corrected chi connectivity index (χ1v) is 4.46. The monoisotopic (exact) mass is 192 g/mol. The lowest BCUT2D eigenvalue weighted by atomic mass is 10.0. The molecule has 0 spiro atoms. The van der Waals surface area contributed by atoms with Crippen molar-refractivity contribution in [2.75, 3.05) is 0 Å². The minimum absolute atomic E-state index is 0.0154. The van der Waals surface area contributed by atoms with E-state index in [4.69, 9.17) is 14.6 Å². The largest absolute Gasteiger partial charge is 0.453 e. The van der Waals surface area contributed by atoms with Gasteiger partial charge in [0.15, 0.2) is 0 Å². The Morgan fingerprint density at radius 1 is 1.21 bits per heavy atom. The molecule has 0 fully saturated rings. The molecule has 0 bridgehead atoms. The fourth-order valence-corrected chi connectivity index (χ4v) is 1.57. The molecule has 0 saturated heterocycles. The van der Waals surface area contributed by atoms with Crippen molar-refractivity contribution in [3.05, 3.63) is 47.9 Å². The van der Waals surface area contributed by atoms with Crippen LogP contribution in [0.15, 0.2) is 36.8 Å². The molecule has 2 rings (SSSR count). The lowest BCUT2D eigenvalue weighted by Gasteiger charge is -2.25. The minimum Gasteiger partial charge on any atom is -0.453 e. The Morgan fingerprint density at radius 2 is 1.86 bits per heavy atom. The number of ether oxygens (including phenoxy) is 2. The summed E-state index contributed by atoms with van der Waals surface area (Å²) in [7, 11) is 0. The van der Waals surface area contributed by atoms with Crippen LogP contribution in [-0.4, -0.2) is 5.11 Å². The van der Waals surface area contributed by atoms with E-state index in [1.165, 1.54) is 12.5 Å². The zero-order chi connectivity index (χ0) is 10.0. The van der Waals surface area contributed by atoms with Crippen molar-refractivity contribution in [2.24, 2.45) is 0 Å². The summed E-state index contributed by atoms with van der Waals surface area (Å²) in [5.41, 5.74) is 1.67. The third-order valence-electron chi connectivity index (χ3n) is 2.32. The predicted octanol–water partition coefficient (Wildman–Crippen LogP) is 1.87. The van der Waals surface area contributed by atoms with Gasteiger partial charge in [0.1, 0.15) is 12.5 Å². The number of hydrogen-bond donors (Lipinski definition) is 1. The Hall–Kier alpha value is -1.48. The zero-order valence-electron chi connectivity index (χ0n) is 7.93. The first kappa shape index (κ1) is 9.09. The van der Waals surface area contributed by atoms with Crippen molar-refractivity contribution >= 4 is 0 Å². The summed E-state index contributed by atoms with van der Waals surface area (Å²) in [6.07, 6.45) is 3.02. The van der Waals surface area contributed by atoms with E-state index < -0.39 is 5.79 Å². The molecule has 0 aromatic heterocycles. The molecule has 0 unspecified atom stereocenters. The van der Waals surface area contributed by atoms with E-state index in [-0.39, 0.29) is 6.61 Å². The molecule has 74 valence electrons. The standard InChI is InChI=1S/C11H12O3/c1-11(13-6-7-14-11)10-5-3-2-4-9(10)8-12/h2-7,12H,8H2,1H3. The number of rotatable bonds is 2. The van der Waals surface area contributed by atoms with Crippen molar-refractivity contribution in [1.82, 2.24) is 0 Å². The maximum Gasteiger partial charge on any atom is 0.274 e. The maximum absolute atomic E-state index is 9.16. The van der Waals surface area contributed by atoms with Gasteiger partial charge in [-0.05, 0) is 5.56 Å². The van der Waals surface area contributed by atoms with Gasteiger partial charge >= 0.3 is 0 Å². The number of aliphatic hydroxyl groups excluding tert-OH is 1. The Bertz CT molecular complexity index is 349. The second-order valence-electron chi connectivity index (χ2n) is 3.27. The van der Waals surface area contributed by atoms with Gasteiger partial charge in [0.2, 0.25) is 0 Å². The predicted molar refractivity (Wildman–Crippen MR) is 51.0 cm³/mol. The normalized spacial score (nSPS) is 17.6. The summed E-state index contributed by atoms with van der Waals surface area (Å²) < 4.78 is 10.7.